The number of aryl methyl sites for hydroxylation is 2. The fourth-order valence-corrected chi connectivity index (χ4v) is 5.97. The normalized spacial score (nSPS) is 14.5. The predicted octanol–water partition coefficient (Wildman–Crippen LogP) is 4.87. The molecule has 5 rings (SSSR count). The molecule has 6 heteroatoms. The zero-order valence-corrected chi connectivity index (χ0v) is 16.9. The number of fused-ring (bicyclic) bond motifs is 4. The summed E-state index contributed by atoms with van der Waals surface area (Å²) in [4.78, 5) is 11.5. The van der Waals surface area contributed by atoms with Crippen LogP contribution in [0.2, 0.25) is 0 Å². The van der Waals surface area contributed by atoms with E-state index in [-0.39, 0.29) is 6.61 Å². The van der Waals surface area contributed by atoms with Crippen LogP contribution in [-0.4, -0.2) is 33.5 Å². The lowest BCUT2D eigenvalue weighted by Crippen LogP contribution is -2.20. The van der Waals surface area contributed by atoms with E-state index in [1.54, 1.807) is 29.4 Å². The van der Waals surface area contributed by atoms with Gasteiger partial charge in [0.1, 0.15) is 28.5 Å². The number of thioether (sulfide) groups is 1. The molecule has 0 saturated carbocycles. The molecule has 2 heterocycles. The largest absolute Gasteiger partial charge is 0.490 e. The minimum Gasteiger partial charge on any atom is -0.490 e. The molecule has 0 unspecified atom stereocenters. The van der Waals surface area contributed by atoms with E-state index >= 15 is 0 Å². The summed E-state index contributed by atoms with van der Waals surface area (Å²) >= 11 is 3.38. The Labute approximate surface area is 171 Å². The zero-order chi connectivity index (χ0) is 18.9. The monoisotopic (exact) mass is 408 g/mol. The predicted molar refractivity (Wildman–Crippen MR) is 116 cm³/mol. The Morgan fingerprint density at radius 1 is 1.11 bits per heavy atom. The summed E-state index contributed by atoms with van der Waals surface area (Å²) in [6.45, 7) is 0.261. The molecule has 0 spiro atoms. The van der Waals surface area contributed by atoms with Crippen LogP contribution in [0, 0.1) is 0 Å². The molecule has 0 aliphatic heterocycles. The topological polar surface area (TPSA) is 55.2 Å². The maximum atomic E-state index is 10.5. The first-order valence-corrected chi connectivity index (χ1v) is 11.3. The Hall–Kier alpha value is -2.15. The number of ether oxygens (including phenoxy) is 1. The van der Waals surface area contributed by atoms with Gasteiger partial charge in [0.2, 0.25) is 0 Å². The first kappa shape index (κ1) is 17.9. The number of aromatic nitrogens is 2. The molecule has 4 aromatic rings. The minimum absolute atomic E-state index is 0.261. The van der Waals surface area contributed by atoms with Crippen molar-refractivity contribution in [3.8, 4) is 5.75 Å². The van der Waals surface area contributed by atoms with Crippen molar-refractivity contribution in [1.29, 1.82) is 0 Å². The summed E-state index contributed by atoms with van der Waals surface area (Å²) in [5, 5.41) is 14.9. The molecule has 1 atom stereocenters. The first-order chi connectivity index (χ1) is 13.8. The van der Waals surface area contributed by atoms with Crippen molar-refractivity contribution in [1.82, 2.24) is 9.97 Å². The standard InChI is InChI=1S/C22H20N2O2S2/c25-15(11-26-18-9-3-6-14-5-1-2-7-16(14)18)12-27-21-20-17-8-4-10-19(17)28-22(20)24-13-23-21/h1-3,5-7,9,13,15,25H,4,8,10-12H2/t15-/m1/s1. The maximum Gasteiger partial charge on any atom is 0.128 e. The number of nitrogens with zero attached hydrogens (tertiary/aromatic N) is 2. The summed E-state index contributed by atoms with van der Waals surface area (Å²) in [7, 11) is 0. The molecule has 1 aliphatic rings. The highest BCUT2D eigenvalue weighted by molar-refractivity contribution is 7.99. The second kappa shape index (κ2) is 7.70. The van der Waals surface area contributed by atoms with Crippen LogP contribution in [0.25, 0.3) is 21.0 Å². The van der Waals surface area contributed by atoms with Crippen molar-refractivity contribution in [2.24, 2.45) is 0 Å². The Morgan fingerprint density at radius 3 is 2.96 bits per heavy atom. The van der Waals surface area contributed by atoms with E-state index in [4.69, 9.17) is 4.74 Å². The van der Waals surface area contributed by atoms with E-state index < -0.39 is 6.10 Å². The van der Waals surface area contributed by atoms with Crippen LogP contribution in [0.4, 0.5) is 0 Å². The fourth-order valence-electron chi connectivity index (χ4n) is 3.74. The zero-order valence-electron chi connectivity index (χ0n) is 15.3. The molecule has 142 valence electrons. The second-order valence-corrected chi connectivity index (χ2v) is 9.06. The van der Waals surface area contributed by atoms with Gasteiger partial charge >= 0.3 is 0 Å². The number of rotatable bonds is 6. The van der Waals surface area contributed by atoms with Crippen LogP contribution in [-0.2, 0) is 12.8 Å². The fraction of sp³-hybridized carbons (Fsp3) is 0.273. The Bertz CT molecular complexity index is 1140. The van der Waals surface area contributed by atoms with Crippen LogP contribution >= 0.6 is 23.1 Å². The molecule has 2 aromatic heterocycles. The first-order valence-electron chi connectivity index (χ1n) is 9.46. The molecule has 28 heavy (non-hydrogen) atoms. The summed E-state index contributed by atoms with van der Waals surface area (Å²) in [6.07, 6.45) is 4.55. The van der Waals surface area contributed by atoms with Gasteiger partial charge in [-0.25, -0.2) is 9.97 Å². The van der Waals surface area contributed by atoms with Gasteiger partial charge in [-0.15, -0.1) is 23.1 Å². The average Bonchev–Trinajstić information content (AvgIpc) is 3.32. The summed E-state index contributed by atoms with van der Waals surface area (Å²) in [5.41, 5.74) is 1.42. The van der Waals surface area contributed by atoms with Gasteiger partial charge < -0.3 is 9.84 Å². The van der Waals surface area contributed by atoms with Crippen molar-refractivity contribution in [2.75, 3.05) is 12.4 Å². The molecule has 2 aromatic carbocycles. The molecule has 4 nitrogen and oxygen atoms in total. The molecule has 1 aliphatic carbocycles. The van der Waals surface area contributed by atoms with Crippen LogP contribution in [0.1, 0.15) is 16.9 Å². The summed E-state index contributed by atoms with van der Waals surface area (Å²) in [6, 6.07) is 14.1. The van der Waals surface area contributed by atoms with Crippen LogP contribution in [0.3, 0.4) is 0 Å². The van der Waals surface area contributed by atoms with E-state index in [2.05, 4.69) is 22.1 Å². The lowest BCUT2D eigenvalue weighted by atomic mass is 10.1. The molecule has 0 radical (unpaired) electrons. The van der Waals surface area contributed by atoms with Crippen LogP contribution in [0.15, 0.2) is 53.8 Å². The third-order valence-corrected chi connectivity index (χ3v) is 7.39. The number of hydrogen-bond acceptors (Lipinski definition) is 6. The van der Waals surface area contributed by atoms with Crippen LogP contribution in [0.5, 0.6) is 5.75 Å². The van der Waals surface area contributed by atoms with E-state index in [9.17, 15) is 5.11 Å². The summed E-state index contributed by atoms with van der Waals surface area (Å²) < 4.78 is 5.92. The Balaban J connectivity index is 1.27. The summed E-state index contributed by atoms with van der Waals surface area (Å²) in [5.74, 6) is 1.35. The molecular formula is C22H20N2O2S2. The number of benzene rings is 2. The highest BCUT2D eigenvalue weighted by Gasteiger charge is 2.21. The third kappa shape index (κ3) is 3.36. The third-order valence-electron chi connectivity index (χ3n) is 5.06. The molecule has 0 saturated heterocycles. The Morgan fingerprint density at radius 2 is 2.00 bits per heavy atom. The van der Waals surface area contributed by atoms with Crippen molar-refractivity contribution in [3.63, 3.8) is 0 Å². The molecule has 0 bridgehead atoms. The van der Waals surface area contributed by atoms with E-state index in [0.29, 0.717) is 5.75 Å². The highest BCUT2D eigenvalue weighted by Crippen LogP contribution is 2.40. The van der Waals surface area contributed by atoms with E-state index in [1.807, 2.05) is 30.3 Å². The maximum absolute atomic E-state index is 10.5. The van der Waals surface area contributed by atoms with Gasteiger partial charge in [-0.3, -0.25) is 0 Å². The SMILES string of the molecule is O[C@H](COc1cccc2ccccc12)CSc1ncnc2sc3c(c12)CCC3. The molecular weight excluding hydrogens is 388 g/mol. The minimum atomic E-state index is -0.569. The molecule has 0 fully saturated rings. The van der Waals surface area contributed by atoms with E-state index in [1.165, 1.54) is 22.2 Å². The number of hydrogen-bond donors (Lipinski definition) is 1. The van der Waals surface area contributed by atoms with Crippen molar-refractivity contribution < 1.29 is 9.84 Å². The quantitative estimate of drug-likeness (QED) is 0.365. The van der Waals surface area contributed by atoms with Gasteiger partial charge in [-0.05, 0) is 36.3 Å². The van der Waals surface area contributed by atoms with Gasteiger partial charge in [-0.1, -0.05) is 36.4 Å². The number of aliphatic hydroxyl groups is 1. The smallest absolute Gasteiger partial charge is 0.128 e. The van der Waals surface area contributed by atoms with Crippen molar-refractivity contribution in [2.45, 2.75) is 30.4 Å². The lowest BCUT2D eigenvalue weighted by Gasteiger charge is -2.14. The van der Waals surface area contributed by atoms with Crippen LogP contribution < -0.4 is 4.74 Å². The van der Waals surface area contributed by atoms with Gasteiger partial charge in [0, 0.05) is 21.4 Å². The molecule has 1 N–H and O–H groups in total. The number of thiophene rings is 1. The van der Waals surface area contributed by atoms with Gasteiger partial charge in [0.05, 0.1) is 6.10 Å². The average molecular weight is 409 g/mol. The van der Waals surface area contributed by atoms with Crippen molar-refractivity contribution >= 4 is 44.1 Å². The molecule has 0 amide bonds. The second-order valence-electron chi connectivity index (χ2n) is 6.97. The van der Waals surface area contributed by atoms with Crippen molar-refractivity contribution in [3.05, 3.63) is 59.2 Å². The van der Waals surface area contributed by atoms with E-state index in [0.717, 1.165) is 39.2 Å². The van der Waals surface area contributed by atoms with Gasteiger partial charge in [0.25, 0.3) is 0 Å². The lowest BCUT2D eigenvalue weighted by molar-refractivity contribution is 0.127. The number of aliphatic hydroxyl groups excluding tert-OH is 1. The van der Waals surface area contributed by atoms with Gasteiger partial charge in [-0.2, -0.15) is 0 Å². The highest BCUT2D eigenvalue weighted by atomic mass is 32.2. The van der Waals surface area contributed by atoms with Gasteiger partial charge in [0.15, 0.2) is 0 Å². The Kier molecular flexibility index (Phi) is 4.93.